The van der Waals surface area contributed by atoms with Gasteiger partial charge in [0.05, 0.1) is 24.5 Å². The number of hydrogen-bond donors (Lipinski definition) is 1. The van der Waals surface area contributed by atoms with Gasteiger partial charge in [-0.15, -0.1) is 11.3 Å². The van der Waals surface area contributed by atoms with Gasteiger partial charge in [0.15, 0.2) is 0 Å². The lowest BCUT2D eigenvalue weighted by Gasteiger charge is -2.36. The molecule has 1 aromatic carbocycles. The summed E-state index contributed by atoms with van der Waals surface area (Å²) in [5.41, 5.74) is 3.26. The van der Waals surface area contributed by atoms with Crippen LogP contribution in [0.5, 0.6) is 0 Å². The fourth-order valence-electron chi connectivity index (χ4n) is 6.83. The molecule has 0 bridgehead atoms. The molecule has 4 atom stereocenters. The van der Waals surface area contributed by atoms with Crippen molar-refractivity contribution < 1.29 is 23.9 Å². The van der Waals surface area contributed by atoms with Gasteiger partial charge >= 0.3 is 5.97 Å². The summed E-state index contributed by atoms with van der Waals surface area (Å²) in [6.07, 6.45) is 1.60. The topological polar surface area (TPSA) is 96.0 Å². The van der Waals surface area contributed by atoms with Gasteiger partial charge in [0.1, 0.15) is 10.5 Å². The van der Waals surface area contributed by atoms with Gasteiger partial charge in [-0.05, 0) is 63.8 Å². The number of methoxy groups -OCH3 is 1. The van der Waals surface area contributed by atoms with Crippen molar-refractivity contribution in [2.45, 2.75) is 52.1 Å². The molecule has 9 heteroatoms. The Hall–Kier alpha value is -3.04. The Labute approximate surface area is 207 Å². The van der Waals surface area contributed by atoms with Crippen molar-refractivity contribution >= 4 is 45.7 Å². The Balaban J connectivity index is 1.57. The summed E-state index contributed by atoms with van der Waals surface area (Å²) in [7, 11) is 1.29. The summed E-state index contributed by atoms with van der Waals surface area (Å²) in [6, 6.07) is 3.71. The van der Waals surface area contributed by atoms with E-state index in [-0.39, 0.29) is 23.4 Å². The highest BCUT2D eigenvalue weighted by Crippen LogP contribution is 2.61. The number of fused-ring (bicyclic) bond motifs is 7. The number of esters is 1. The first kappa shape index (κ1) is 22.4. The third-order valence-corrected chi connectivity index (χ3v) is 9.85. The minimum atomic E-state index is -1.23. The zero-order chi connectivity index (χ0) is 25.0. The zero-order valence-electron chi connectivity index (χ0n) is 20.4. The highest BCUT2D eigenvalue weighted by atomic mass is 32.1. The fourth-order valence-corrected chi connectivity index (χ4v) is 7.98. The van der Waals surface area contributed by atoms with Crippen molar-refractivity contribution in [1.29, 1.82) is 0 Å². The number of benzene rings is 1. The van der Waals surface area contributed by atoms with E-state index in [1.165, 1.54) is 23.3 Å². The van der Waals surface area contributed by atoms with E-state index in [2.05, 4.69) is 10.2 Å². The van der Waals surface area contributed by atoms with Crippen LogP contribution in [-0.2, 0) is 24.7 Å². The van der Waals surface area contributed by atoms with Crippen LogP contribution in [0.4, 0.5) is 10.7 Å². The van der Waals surface area contributed by atoms with E-state index in [1.807, 2.05) is 32.9 Å². The van der Waals surface area contributed by atoms with Crippen LogP contribution >= 0.6 is 11.3 Å². The smallest absolute Gasteiger partial charge is 0.341 e. The molecule has 182 valence electrons. The first-order valence-electron chi connectivity index (χ1n) is 11.9. The molecule has 5 heterocycles. The quantitative estimate of drug-likeness (QED) is 0.510. The first-order valence-corrected chi connectivity index (χ1v) is 12.7. The molecule has 35 heavy (non-hydrogen) atoms. The molecule has 3 amide bonds. The molecule has 1 spiro atoms. The number of ether oxygens (including phenoxy) is 1. The molecule has 0 unspecified atom stereocenters. The normalized spacial score (nSPS) is 29.1. The molecule has 2 aromatic rings. The van der Waals surface area contributed by atoms with Crippen molar-refractivity contribution in [3.63, 3.8) is 0 Å². The summed E-state index contributed by atoms with van der Waals surface area (Å²) in [5, 5.41) is 3.37. The summed E-state index contributed by atoms with van der Waals surface area (Å²) in [6.45, 7) is 8.26. The third kappa shape index (κ3) is 2.50. The monoisotopic (exact) mass is 493 g/mol. The van der Waals surface area contributed by atoms with Crippen molar-refractivity contribution in [2.75, 3.05) is 23.9 Å². The van der Waals surface area contributed by atoms with Gasteiger partial charge in [0.25, 0.3) is 0 Å². The summed E-state index contributed by atoms with van der Waals surface area (Å²) in [4.78, 5) is 58.9. The van der Waals surface area contributed by atoms with E-state index in [0.29, 0.717) is 17.1 Å². The van der Waals surface area contributed by atoms with E-state index in [0.717, 1.165) is 40.1 Å². The maximum atomic E-state index is 14.2. The molecule has 3 saturated heterocycles. The zero-order valence-corrected chi connectivity index (χ0v) is 21.2. The number of aryl methyl sites for hydroxylation is 2. The number of imide groups is 1. The predicted molar refractivity (Wildman–Crippen MR) is 131 cm³/mol. The molecule has 4 aliphatic heterocycles. The molecule has 0 aliphatic carbocycles. The minimum absolute atomic E-state index is 0.205. The minimum Gasteiger partial charge on any atom is -0.465 e. The Bertz CT molecular complexity index is 1360. The average Bonchev–Trinajstić information content (AvgIpc) is 3.58. The Morgan fingerprint density at radius 3 is 2.57 bits per heavy atom. The van der Waals surface area contributed by atoms with Gasteiger partial charge in [-0.1, -0.05) is 12.1 Å². The maximum Gasteiger partial charge on any atom is 0.341 e. The van der Waals surface area contributed by atoms with Crippen LogP contribution in [0.2, 0.25) is 0 Å². The summed E-state index contributed by atoms with van der Waals surface area (Å²) in [5.74, 6) is -3.05. The molecule has 3 fully saturated rings. The highest BCUT2D eigenvalue weighted by Gasteiger charge is 2.75. The standard InChI is InChI=1S/C26H27N3O5S/c1-11-8-9-15-20(12(11)2)27-25(33)26(15)19-18(16-7-6-10-28(16)26)21(30)29(22(19)31)23-17(24(32)34-5)13(3)14(4)35-23/h8-9,16,18-19H,6-7,10H2,1-5H3,(H,27,33)/t16-,18+,19-,26-/m0/s1. The van der Waals surface area contributed by atoms with E-state index in [1.54, 1.807) is 6.92 Å². The SMILES string of the molecule is COC(=O)c1c(N2C(=O)[C@H]3[C@@H](C2=O)[C@@]2(C(=O)Nc4c2ccc(C)c4C)N2CCC[C@@H]32)sc(C)c1C. The molecular weight excluding hydrogens is 466 g/mol. The molecule has 0 saturated carbocycles. The number of nitrogens with one attached hydrogen (secondary N) is 1. The van der Waals surface area contributed by atoms with Crippen LogP contribution in [0.1, 0.15) is 50.3 Å². The second kappa shape index (κ2) is 7.24. The molecule has 1 aromatic heterocycles. The van der Waals surface area contributed by atoms with Crippen LogP contribution in [0.15, 0.2) is 12.1 Å². The highest BCUT2D eigenvalue weighted by molar-refractivity contribution is 7.17. The van der Waals surface area contributed by atoms with Gasteiger partial charge in [-0.25, -0.2) is 9.69 Å². The largest absolute Gasteiger partial charge is 0.465 e. The molecule has 6 rings (SSSR count). The molecular formula is C26H27N3O5S. The van der Waals surface area contributed by atoms with Gasteiger partial charge in [0, 0.05) is 22.2 Å². The van der Waals surface area contributed by atoms with Crippen LogP contribution in [-0.4, -0.2) is 48.3 Å². The number of nitrogens with zero attached hydrogens (tertiary/aromatic N) is 2. The van der Waals surface area contributed by atoms with E-state index in [4.69, 9.17) is 4.74 Å². The van der Waals surface area contributed by atoms with Crippen LogP contribution < -0.4 is 10.2 Å². The third-order valence-electron chi connectivity index (χ3n) is 8.66. The lowest BCUT2D eigenvalue weighted by molar-refractivity contribution is -0.135. The average molecular weight is 494 g/mol. The summed E-state index contributed by atoms with van der Waals surface area (Å²) >= 11 is 1.24. The van der Waals surface area contributed by atoms with Crippen molar-refractivity contribution in [2.24, 2.45) is 11.8 Å². The van der Waals surface area contributed by atoms with Gasteiger partial charge < -0.3 is 10.1 Å². The maximum absolute atomic E-state index is 14.2. The molecule has 1 N–H and O–H groups in total. The first-order chi connectivity index (χ1) is 16.7. The van der Waals surface area contributed by atoms with Gasteiger partial charge in [-0.2, -0.15) is 0 Å². The second-order valence-electron chi connectivity index (χ2n) is 10.0. The van der Waals surface area contributed by atoms with E-state index >= 15 is 0 Å². The number of amides is 3. The Kier molecular flexibility index (Phi) is 4.64. The lowest BCUT2D eigenvalue weighted by Crippen LogP contribution is -2.54. The number of rotatable bonds is 2. The van der Waals surface area contributed by atoms with Gasteiger partial charge in [0.2, 0.25) is 17.7 Å². The van der Waals surface area contributed by atoms with Crippen LogP contribution in [0, 0.1) is 39.5 Å². The van der Waals surface area contributed by atoms with Crippen LogP contribution in [0.25, 0.3) is 0 Å². The number of thiophene rings is 1. The number of hydrogen-bond acceptors (Lipinski definition) is 7. The van der Waals surface area contributed by atoms with Crippen molar-refractivity contribution in [1.82, 2.24) is 4.90 Å². The molecule has 4 aliphatic rings. The fraction of sp³-hybridized carbons (Fsp3) is 0.462. The van der Waals surface area contributed by atoms with E-state index in [9.17, 15) is 19.2 Å². The van der Waals surface area contributed by atoms with Gasteiger partial charge in [-0.3, -0.25) is 19.3 Å². The van der Waals surface area contributed by atoms with Crippen molar-refractivity contribution in [3.8, 4) is 0 Å². The second-order valence-corrected chi connectivity index (χ2v) is 11.2. The Morgan fingerprint density at radius 2 is 1.86 bits per heavy atom. The van der Waals surface area contributed by atoms with E-state index < -0.39 is 29.3 Å². The Morgan fingerprint density at radius 1 is 1.11 bits per heavy atom. The number of carbonyl (C=O) groups excluding carboxylic acids is 4. The van der Waals surface area contributed by atoms with Crippen molar-refractivity contribution in [3.05, 3.63) is 44.8 Å². The number of carbonyl (C=O) groups is 4. The number of anilines is 2. The molecule has 8 nitrogen and oxygen atoms in total. The van der Waals surface area contributed by atoms with Crippen LogP contribution in [0.3, 0.4) is 0 Å². The lowest BCUT2D eigenvalue weighted by atomic mass is 9.75. The molecule has 0 radical (unpaired) electrons. The summed E-state index contributed by atoms with van der Waals surface area (Å²) < 4.78 is 4.99. The predicted octanol–water partition coefficient (Wildman–Crippen LogP) is 3.20.